The Morgan fingerprint density at radius 3 is 2.45 bits per heavy atom. The Morgan fingerprint density at radius 1 is 1.25 bits per heavy atom. The summed E-state index contributed by atoms with van der Waals surface area (Å²) in [5, 5.41) is 6.73. The van der Waals surface area contributed by atoms with Crippen molar-refractivity contribution < 1.29 is 9.69 Å². The molecule has 0 saturated carbocycles. The minimum absolute atomic E-state index is 0.112. The van der Waals surface area contributed by atoms with Crippen LogP contribution in [0, 0.1) is 6.92 Å². The fraction of sp³-hybridized carbons (Fsp3) is 0.357. The van der Waals surface area contributed by atoms with Crippen LogP contribution in [-0.4, -0.2) is 29.6 Å². The van der Waals surface area contributed by atoms with Crippen molar-refractivity contribution in [3.8, 4) is 0 Å². The monoisotopic (exact) mass is 291 g/mol. The van der Waals surface area contributed by atoms with Crippen molar-refractivity contribution in [3.63, 3.8) is 0 Å². The van der Waals surface area contributed by atoms with Gasteiger partial charge in [0.1, 0.15) is 11.4 Å². The maximum absolute atomic E-state index is 11.9. The molecule has 0 fully saturated rings. The van der Waals surface area contributed by atoms with E-state index in [1.165, 1.54) is 10.5 Å². The summed E-state index contributed by atoms with van der Waals surface area (Å²) >= 11 is 1.13. The lowest BCUT2D eigenvalue weighted by molar-refractivity contribution is -0.872. The Bertz CT molecular complexity index is 577. The molecule has 2 aromatic rings. The molecule has 5 nitrogen and oxygen atoms in total. The molecule has 0 aliphatic carbocycles. The van der Waals surface area contributed by atoms with Crippen LogP contribution in [0.4, 0.5) is 0 Å². The highest BCUT2D eigenvalue weighted by molar-refractivity contribution is 7.07. The number of benzene rings is 1. The van der Waals surface area contributed by atoms with E-state index in [9.17, 15) is 4.79 Å². The molecule has 1 heterocycles. The van der Waals surface area contributed by atoms with Crippen molar-refractivity contribution in [2.75, 3.05) is 14.1 Å². The van der Waals surface area contributed by atoms with E-state index >= 15 is 0 Å². The molecule has 0 spiro atoms. The number of carbonyl (C=O) groups excluding carboxylic acids is 1. The molecule has 6 heteroatoms. The molecule has 0 radical (unpaired) electrons. The van der Waals surface area contributed by atoms with Gasteiger partial charge in [-0.1, -0.05) is 28.8 Å². The second kappa shape index (κ2) is 6.58. The van der Waals surface area contributed by atoms with Crippen LogP contribution in [0.3, 0.4) is 0 Å². The molecule has 0 bridgehead atoms. The van der Waals surface area contributed by atoms with Gasteiger partial charge in [0, 0.05) is 12.1 Å². The lowest BCUT2D eigenvalue weighted by Gasteiger charge is -2.08. The fourth-order valence-electron chi connectivity index (χ4n) is 1.89. The van der Waals surface area contributed by atoms with Crippen LogP contribution in [0.1, 0.15) is 26.5 Å². The van der Waals surface area contributed by atoms with Crippen LogP contribution in [0.25, 0.3) is 0 Å². The van der Waals surface area contributed by atoms with Crippen molar-refractivity contribution in [1.29, 1.82) is 0 Å². The van der Waals surface area contributed by atoms with E-state index in [0.29, 0.717) is 17.1 Å². The number of aromatic nitrogens is 2. The molecule has 1 aromatic carbocycles. The molecule has 0 unspecified atom stereocenters. The molecule has 0 aliphatic heterocycles. The minimum atomic E-state index is -0.112. The summed E-state index contributed by atoms with van der Waals surface area (Å²) in [4.78, 5) is 13.9. The van der Waals surface area contributed by atoms with E-state index in [0.717, 1.165) is 23.6 Å². The summed E-state index contributed by atoms with van der Waals surface area (Å²) in [6, 6.07) is 8.31. The van der Waals surface area contributed by atoms with Crippen molar-refractivity contribution in [3.05, 3.63) is 46.0 Å². The molecule has 106 valence electrons. The molecule has 0 atom stereocenters. The molecule has 0 saturated heterocycles. The van der Waals surface area contributed by atoms with Crippen LogP contribution >= 0.6 is 11.5 Å². The first-order valence-electron chi connectivity index (χ1n) is 6.50. The van der Waals surface area contributed by atoms with Crippen molar-refractivity contribution >= 4 is 17.4 Å². The molecule has 1 amide bonds. The van der Waals surface area contributed by atoms with Gasteiger partial charge in [-0.15, -0.1) is 5.10 Å². The van der Waals surface area contributed by atoms with E-state index in [1.807, 2.05) is 0 Å². The summed E-state index contributed by atoms with van der Waals surface area (Å²) < 4.78 is 3.77. The first-order valence-corrected chi connectivity index (χ1v) is 7.27. The van der Waals surface area contributed by atoms with E-state index in [4.69, 9.17) is 0 Å². The van der Waals surface area contributed by atoms with Crippen LogP contribution in [0.5, 0.6) is 0 Å². The lowest BCUT2D eigenvalue weighted by Crippen LogP contribution is -3.04. The summed E-state index contributed by atoms with van der Waals surface area (Å²) in [5.41, 5.74) is 3.06. The number of carbonyl (C=O) groups is 1. The molecule has 2 rings (SSSR count). The third-order valence-electron chi connectivity index (χ3n) is 2.89. The minimum Gasteiger partial charge on any atom is -0.347 e. The zero-order valence-corrected chi connectivity index (χ0v) is 12.8. The molecule has 2 N–H and O–H groups in total. The lowest BCUT2D eigenvalue weighted by atomic mass is 10.1. The number of nitrogens with zero attached hydrogens (tertiary/aromatic N) is 2. The quantitative estimate of drug-likeness (QED) is 0.839. The highest BCUT2D eigenvalue weighted by Crippen LogP contribution is 2.09. The highest BCUT2D eigenvalue weighted by atomic mass is 32.1. The average Bonchev–Trinajstić information content (AvgIpc) is 2.83. The molecular formula is C14H19N4OS+. The summed E-state index contributed by atoms with van der Waals surface area (Å²) in [6.45, 7) is 3.31. The van der Waals surface area contributed by atoms with Crippen molar-refractivity contribution in [1.82, 2.24) is 14.9 Å². The number of hydrogen-bond acceptors (Lipinski definition) is 4. The van der Waals surface area contributed by atoms with E-state index < -0.39 is 0 Å². The Hall–Kier alpha value is -1.79. The second-order valence-electron chi connectivity index (χ2n) is 5.07. The van der Waals surface area contributed by atoms with Crippen LogP contribution in [0.15, 0.2) is 24.3 Å². The van der Waals surface area contributed by atoms with Gasteiger partial charge < -0.3 is 10.2 Å². The maximum atomic E-state index is 11.9. The smallest absolute Gasteiger partial charge is 0.265 e. The fourth-order valence-corrected chi connectivity index (χ4v) is 2.46. The van der Waals surface area contributed by atoms with Crippen molar-refractivity contribution in [2.45, 2.75) is 20.0 Å². The van der Waals surface area contributed by atoms with E-state index in [2.05, 4.69) is 53.3 Å². The summed E-state index contributed by atoms with van der Waals surface area (Å²) in [6.07, 6.45) is 0. The second-order valence-corrected chi connectivity index (χ2v) is 5.82. The number of quaternary nitrogens is 1. The topological polar surface area (TPSA) is 59.3 Å². The Labute approximate surface area is 122 Å². The summed E-state index contributed by atoms with van der Waals surface area (Å²) in [7, 11) is 4.25. The molecule has 1 aromatic heterocycles. The zero-order valence-electron chi connectivity index (χ0n) is 11.9. The van der Waals surface area contributed by atoms with Crippen LogP contribution < -0.4 is 10.2 Å². The van der Waals surface area contributed by atoms with E-state index in [-0.39, 0.29) is 5.91 Å². The zero-order chi connectivity index (χ0) is 14.5. The van der Waals surface area contributed by atoms with Gasteiger partial charge >= 0.3 is 0 Å². The third kappa shape index (κ3) is 3.85. The van der Waals surface area contributed by atoms with Gasteiger partial charge in [-0.3, -0.25) is 4.79 Å². The third-order valence-corrected chi connectivity index (χ3v) is 3.72. The number of hydrogen-bond donors (Lipinski definition) is 2. The van der Waals surface area contributed by atoms with Gasteiger partial charge in [-0.2, -0.15) is 0 Å². The molecule has 0 aliphatic rings. The number of nitrogens with one attached hydrogen (secondary N) is 2. The SMILES string of the molecule is Cc1nnsc1C(=O)NCc1ccc(C[NH+](C)C)cc1. The van der Waals surface area contributed by atoms with Gasteiger partial charge in [-0.25, -0.2) is 0 Å². The van der Waals surface area contributed by atoms with Gasteiger partial charge in [0.25, 0.3) is 5.91 Å². The Kier molecular flexibility index (Phi) is 4.81. The number of aryl methyl sites for hydroxylation is 1. The average molecular weight is 291 g/mol. The predicted molar refractivity (Wildman–Crippen MR) is 78.8 cm³/mol. The highest BCUT2D eigenvalue weighted by Gasteiger charge is 2.12. The standard InChI is InChI=1S/C14H18N4OS/c1-10-13(20-17-16-10)14(19)15-8-11-4-6-12(7-5-11)9-18(2)3/h4-7H,8-9H2,1-3H3,(H,15,19)/p+1. The summed E-state index contributed by atoms with van der Waals surface area (Å²) in [5.74, 6) is -0.112. The van der Waals surface area contributed by atoms with Gasteiger partial charge in [0.2, 0.25) is 0 Å². The molecular weight excluding hydrogens is 272 g/mol. The predicted octanol–water partition coefficient (Wildman–Crippen LogP) is 0.421. The normalized spacial score (nSPS) is 10.8. The first-order chi connectivity index (χ1) is 9.56. The Balaban J connectivity index is 1.91. The van der Waals surface area contributed by atoms with Gasteiger partial charge in [-0.05, 0) is 24.0 Å². The van der Waals surface area contributed by atoms with Crippen molar-refractivity contribution in [2.24, 2.45) is 0 Å². The first kappa shape index (κ1) is 14.6. The van der Waals surface area contributed by atoms with Crippen LogP contribution in [-0.2, 0) is 13.1 Å². The van der Waals surface area contributed by atoms with Gasteiger partial charge in [0.15, 0.2) is 0 Å². The van der Waals surface area contributed by atoms with Gasteiger partial charge in [0.05, 0.1) is 19.8 Å². The maximum Gasteiger partial charge on any atom is 0.265 e. The Morgan fingerprint density at radius 2 is 1.90 bits per heavy atom. The van der Waals surface area contributed by atoms with E-state index in [1.54, 1.807) is 6.92 Å². The molecule has 20 heavy (non-hydrogen) atoms. The largest absolute Gasteiger partial charge is 0.347 e. The van der Waals surface area contributed by atoms with Crippen LogP contribution in [0.2, 0.25) is 0 Å². The number of amides is 1. The number of rotatable bonds is 5.